The minimum Gasteiger partial charge on any atom is -0.497 e. The van der Waals surface area contributed by atoms with E-state index in [4.69, 9.17) is 9.47 Å². The second-order valence-electron chi connectivity index (χ2n) is 7.90. The zero-order valence-electron chi connectivity index (χ0n) is 17.7. The van der Waals surface area contributed by atoms with Gasteiger partial charge < -0.3 is 14.4 Å². The number of nitrogens with zero attached hydrogens (tertiary/aromatic N) is 2. The van der Waals surface area contributed by atoms with Gasteiger partial charge >= 0.3 is 0 Å². The van der Waals surface area contributed by atoms with Crippen molar-refractivity contribution in [3.05, 3.63) is 65.4 Å². The minimum atomic E-state index is -0.308. The molecule has 6 heteroatoms. The largest absolute Gasteiger partial charge is 0.497 e. The second kappa shape index (κ2) is 7.95. The van der Waals surface area contributed by atoms with Crippen molar-refractivity contribution in [3.8, 4) is 5.75 Å². The molecule has 2 aromatic rings. The molecule has 4 rings (SSSR count). The third kappa shape index (κ3) is 3.59. The van der Waals surface area contributed by atoms with Gasteiger partial charge in [-0.1, -0.05) is 24.3 Å². The van der Waals surface area contributed by atoms with E-state index in [1.165, 1.54) is 4.90 Å². The fourth-order valence-corrected chi connectivity index (χ4v) is 4.19. The number of methoxy groups -OCH3 is 1. The lowest BCUT2D eigenvalue weighted by molar-refractivity contribution is -0.121. The molecule has 6 nitrogen and oxygen atoms in total. The zero-order valence-corrected chi connectivity index (χ0v) is 17.7. The van der Waals surface area contributed by atoms with Gasteiger partial charge in [-0.2, -0.15) is 0 Å². The molecule has 1 fully saturated rings. The maximum absolute atomic E-state index is 13.6. The number of amides is 2. The molecule has 0 aromatic heterocycles. The first-order valence-corrected chi connectivity index (χ1v) is 10.1. The van der Waals surface area contributed by atoms with Gasteiger partial charge in [0, 0.05) is 13.1 Å². The normalized spacial score (nSPS) is 22.1. The number of carbonyl (C=O) groups is 2. The third-order valence-electron chi connectivity index (χ3n) is 5.43. The molecule has 2 unspecified atom stereocenters. The Morgan fingerprint density at radius 3 is 2.23 bits per heavy atom. The molecular formula is C24H26N2O4. The van der Waals surface area contributed by atoms with Crippen molar-refractivity contribution >= 4 is 23.1 Å². The average molecular weight is 406 g/mol. The van der Waals surface area contributed by atoms with Crippen LogP contribution in [0, 0.1) is 6.92 Å². The van der Waals surface area contributed by atoms with Crippen LogP contribution in [0.4, 0.5) is 5.69 Å². The fourth-order valence-electron chi connectivity index (χ4n) is 4.19. The molecular weight excluding hydrogens is 380 g/mol. The number of hydrogen-bond acceptors (Lipinski definition) is 5. The number of anilines is 1. The number of ether oxygens (including phenoxy) is 2. The predicted octanol–water partition coefficient (Wildman–Crippen LogP) is 3.40. The lowest BCUT2D eigenvalue weighted by Crippen LogP contribution is -2.47. The van der Waals surface area contributed by atoms with Crippen molar-refractivity contribution in [2.24, 2.45) is 0 Å². The van der Waals surface area contributed by atoms with Gasteiger partial charge in [-0.05, 0) is 56.2 Å². The van der Waals surface area contributed by atoms with Crippen molar-refractivity contribution in [2.45, 2.75) is 33.0 Å². The highest BCUT2D eigenvalue weighted by Crippen LogP contribution is 2.36. The van der Waals surface area contributed by atoms with Crippen LogP contribution >= 0.6 is 0 Å². The van der Waals surface area contributed by atoms with Crippen LogP contribution in [0.1, 0.15) is 25.0 Å². The van der Waals surface area contributed by atoms with Crippen molar-refractivity contribution < 1.29 is 19.1 Å². The Balaban J connectivity index is 1.83. The van der Waals surface area contributed by atoms with Crippen LogP contribution in [-0.4, -0.2) is 49.1 Å². The van der Waals surface area contributed by atoms with Gasteiger partial charge in [0.1, 0.15) is 11.4 Å². The molecule has 0 saturated carbocycles. The standard InChI is InChI=1S/C24H26N2O4/c1-15-6-5-7-19(12-15)26-23(27)21(18-8-10-20(29-4)11-9-18)22(24(26)28)25-13-16(2)30-17(3)14-25/h5-12,16-17H,13-14H2,1-4H3. The molecule has 2 aromatic carbocycles. The van der Waals surface area contributed by atoms with Crippen molar-refractivity contribution in [1.29, 1.82) is 0 Å². The zero-order chi connectivity index (χ0) is 21.4. The van der Waals surface area contributed by atoms with Gasteiger partial charge in [0.2, 0.25) is 0 Å². The first-order chi connectivity index (χ1) is 14.4. The van der Waals surface area contributed by atoms with Crippen LogP contribution in [0.3, 0.4) is 0 Å². The number of imide groups is 1. The van der Waals surface area contributed by atoms with Crippen molar-refractivity contribution in [2.75, 3.05) is 25.1 Å². The molecule has 0 radical (unpaired) electrons. The molecule has 2 atom stereocenters. The van der Waals surface area contributed by atoms with Crippen molar-refractivity contribution in [1.82, 2.24) is 4.90 Å². The highest BCUT2D eigenvalue weighted by Gasteiger charge is 2.43. The summed E-state index contributed by atoms with van der Waals surface area (Å²) in [5, 5.41) is 0. The SMILES string of the molecule is COc1ccc(C2=C(N3CC(C)OC(C)C3)C(=O)N(c3cccc(C)c3)C2=O)cc1. The van der Waals surface area contributed by atoms with Crippen molar-refractivity contribution in [3.63, 3.8) is 0 Å². The molecule has 0 aliphatic carbocycles. The molecule has 0 spiro atoms. The lowest BCUT2D eigenvalue weighted by Gasteiger charge is -2.37. The summed E-state index contributed by atoms with van der Waals surface area (Å²) >= 11 is 0. The first kappa shape index (κ1) is 20.2. The number of benzene rings is 2. The monoisotopic (exact) mass is 406 g/mol. The van der Waals surface area contributed by atoms with Crippen LogP contribution in [0.15, 0.2) is 54.2 Å². The Kier molecular flexibility index (Phi) is 5.35. The summed E-state index contributed by atoms with van der Waals surface area (Å²) in [6.45, 7) is 7.02. The van der Waals surface area contributed by atoms with E-state index in [9.17, 15) is 9.59 Å². The Morgan fingerprint density at radius 1 is 0.967 bits per heavy atom. The van der Waals surface area contributed by atoms with Gasteiger partial charge in [0.25, 0.3) is 11.8 Å². The summed E-state index contributed by atoms with van der Waals surface area (Å²) < 4.78 is 11.1. The number of hydrogen-bond donors (Lipinski definition) is 0. The topological polar surface area (TPSA) is 59.1 Å². The van der Waals surface area contributed by atoms with E-state index in [2.05, 4.69) is 0 Å². The number of carbonyl (C=O) groups excluding carboxylic acids is 2. The Bertz CT molecular complexity index is 1000. The summed E-state index contributed by atoms with van der Waals surface area (Å²) in [6, 6.07) is 14.7. The summed E-state index contributed by atoms with van der Waals surface area (Å²) in [6.07, 6.45) is -0.0661. The molecule has 156 valence electrons. The van der Waals surface area contributed by atoms with Crippen LogP contribution in [-0.2, 0) is 14.3 Å². The fraction of sp³-hybridized carbons (Fsp3) is 0.333. The van der Waals surface area contributed by atoms with Gasteiger partial charge in [-0.15, -0.1) is 0 Å². The highest BCUT2D eigenvalue weighted by atomic mass is 16.5. The molecule has 30 heavy (non-hydrogen) atoms. The molecule has 0 bridgehead atoms. The van der Waals surface area contributed by atoms with Gasteiger partial charge in [0.05, 0.1) is 30.6 Å². The molecule has 0 N–H and O–H groups in total. The number of aryl methyl sites for hydroxylation is 1. The van der Waals surface area contributed by atoms with Gasteiger partial charge in [-0.3, -0.25) is 9.59 Å². The van der Waals surface area contributed by atoms with Crippen LogP contribution < -0.4 is 9.64 Å². The highest BCUT2D eigenvalue weighted by molar-refractivity contribution is 6.45. The average Bonchev–Trinajstić information content (AvgIpc) is 2.97. The third-order valence-corrected chi connectivity index (χ3v) is 5.43. The van der Waals surface area contributed by atoms with Crippen LogP contribution in [0.5, 0.6) is 5.75 Å². The minimum absolute atomic E-state index is 0.0331. The smallest absolute Gasteiger partial charge is 0.282 e. The Morgan fingerprint density at radius 2 is 1.63 bits per heavy atom. The van der Waals surface area contributed by atoms with Gasteiger partial charge in [0.15, 0.2) is 0 Å². The molecule has 2 aliphatic heterocycles. The number of morpholine rings is 1. The van der Waals surface area contributed by atoms with Crippen LogP contribution in [0.25, 0.3) is 5.57 Å². The van der Waals surface area contributed by atoms with E-state index in [-0.39, 0.29) is 24.0 Å². The first-order valence-electron chi connectivity index (χ1n) is 10.1. The lowest BCUT2D eigenvalue weighted by atomic mass is 10.0. The quantitative estimate of drug-likeness (QED) is 0.729. The maximum Gasteiger partial charge on any atom is 0.282 e. The predicted molar refractivity (Wildman–Crippen MR) is 115 cm³/mol. The number of rotatable bonds is 4. The van der Waals surface area contributed by atoms with Crippen LogP contribution in [0.2, 0.25) is 0 Å². The summed E-state index contributed by atoms with van der Waals surface area (Å²) in [5.41, 5.74) is 3.13. The van der Waals surface area contributed by atoms with E-state index in [1.807, 2.05) is 56.0 Å². The van der Waals surface area contributed by atoms with E-state index >= 15 is 0 Å². The van der Waals surface area contributed by atoms with E-state index in [1.54, 1.807) is 25.3 Å². The Hall–Kier alpha value is -3.12. The molecule has 2 aliphatic rings. The van der Waals surface area contributed by atoms with E-state index in [0.717, 1.165) is 5.56 Å². The summed E-state index contributed by atoms with van der Waals surface area (Å²) in [4.78, 5) is 30.4. The summed E-state index contributed by atoms with van der Waals surface area (Å²) in [7, 11) is 1.60. The van der Waals surface area contributed by atoms with Gasteiger partial charge in [-0.25, -0.2) is 4.90 Å². The van der Waals surface area contributed by atoms with E-state index in [0.29, 0.717) is 41.4 Å². The molecule has 2 amide bonds. The molecule has 1 saturated heterocycles. The molecule has 2 heterocycles. The Labute approximate surface area is 176 Å². The maximum atomic E-state index is 13.6. The summed E-state index contributed by atoms with van der Waals surface area (Å²) in [5.74, 6) is 0.0945. The second-order valence-corrected chi connectivity index (χ2v) is 7.90. The van der Waals surface area contributed by atoms with E-state index < -0.39 is 0 Å².